The molecule has 0 unspecified atom stereocenters. The first kappa shape index (κ1) is 31.8. The van der Waals surface area contributed by atoms with E-state index in [-0.39, 0.29) is 46.8 Å². The number of nitrogens with zero attached hydrogens (tertiary/aromatic N) is 4. The lowest BCUT2D eigenvalue weighted by atomic mass is 10.0. The third-order valence-electron chi connectivity index (χ3n) is 6.55. The van der Waals surface area contributed by atoms with Gasteiger partial charge in [-0.3, -0.25) is 19.1 Å². The zero-order valence-electron chi connectivity index (χ0n) is 23.7. The number of fused-ring (bicyclic) bond motifs is 2. The standard InChI is InChI=1S/C29H22ClF2N5O6S2/c1-14-8-20(26-25(34-14)21(13-44-26)27(38)36-45(3,40)41)19-10-17(30)4-5-23(19)42-7-6-37-15(2)35-22-11-18(43-29(31)32)9-16(12-33)24(22)28(37)39/h4-5,8-11,13,29H,6-7H2,1-3H3,(H,36,38). The summed E-state index contributed by atoms with van der Waals surface area (Å²) >= 11 is 7.55. The molecule has 0 aliphatic heterocycles. The summed E-state index contributed by atoms with van der Waals surface area (Å²) in [5, 5.41) is 11.5. The number of pyridine rings is 1. The Hall–Kier alpha value is -4.65. The molecule has 45 heavy (non-hydrogen) atoms. The minimum absolute atomic E-state index is 0.0172. The Morgan fingerprint density at radius 1 is 1.18 bits per heavy atom. The van der Waals surface area contributed by atoms with E-state index in [0.717, 1.165) is 12.3 Å². The molecule has 0 aliphatic rings. The molecular formula is C29H22ClF2N5O6S2. The van der Waals surface area contributed by atoms with Gasteiger partial charge in [-0.2, -0.15) is 14.0 Å². The van der Waals surface area contributed by atoms with E-state index in [2.05, 4.69) is 14.7 Å². The van der Waals surface area contributed by atoms with Crippen molar-refractivity contribution in [3.63, 3.8) is 0 Å². The number of halogens is 3. The molecule has 3 heterocycles. The Balaban J connectivity index is 1.48. The number of ether oxygens (including phenoxy) is 2. The number of alkyl halides is 2. The van der Waals surface area contributed by atoms with E-state index in [1.54, 1.807) is 38.1 Å². The zero-order valence-corrected chi connectivity index (χ0v) is 26.1. The second kappa shape index (κ2) is 12.4. The van der Waals surface area contributed by atoms with Crippen molar-refractivity contribution in [3.05, 3.63) is 79.8 Å². The van der Waals surface area contributed by atoms with Gasteiger partial charge < -0.3 is 9.47 Å². The van der Waals surface area contributed by atoms with Gasteiger partial charge in [0.05, 0.1) is 45.0 Å². The Morgan fingerprint density at radius 2 is 1.93 bits per heavy atom. The fraction of sp³-hybridized carbons (Fsp3) is 0.207. The molecule has 0 atom stereocenters. The van der Waals surface area contributed by atoms with Crippen LogP contribution in [0.1, 0.15) is 27.4 Å². The Bertz CT molecular complexity index is 2210. The van der Waals surface area contributed by atoms with Crippen LogP contribution in [0.5, 0.6) is 11.5 Å². The lowest BCUT2D eigenvalue weighted by Gasteiger charge is -2.16. The average molecular weight is 674 g/mol. The summed E-state index contributed by atoms with van der Waals surface area (Å²) in [5.41, 5.74) is 1.49. The monoisotopic (exact) mass is 673 g/mol. The van der Waals surface area contributed by atoms with Gasteiger partial charge in [-0.05, 0) is 44.2 Å². The fourth-order valence-corrected chi connectivity index (χ4v) is 6.40. The van der Waals surface area contributed by atoms with Crippen LogP contribution in [0.25, 0.3) is 32.2 Å². The lowest BCUT2D eigenvalue weighted by molar-refractivity contribution is -0.0497. The van der Waals surface area contributed by atoms with E-state index < -0.39 is 28.1 Å². The van der Waals surface area contributed by atoms with Crippen LogP contribution in [-0.2, 0) is 16.6 Å². The van der Waals surface area contributed by atoms with Gasteiger partial charge in [-0.25, -0.2) is 18.1 Å². The Labute approximate surface area is 263 Å². The highest BCUT2D eigenvalue weighted by Gasteiger charge is 2.22. The Morgan fingerprint density at radius 3 is 2.62 bits per heavy atom. The average Bonchev–Trinajstić information content (AvgIpc) is 3.37. The minimum atomic E-state index is -3.80. The molecule has 1 amide bonds. The number of carbonyl (C=O) groups is 1. The Kier molecular flexibility index (Phi) is 8.74. The maximum absolute atomic E-state index is 13.4. The molecule has 0 bridgehead atoms. The molecule has 0 aliphatic carbocycles. The number of nitriles is 1. The van der Waals surface area contributed by atoms with Crippen LogP contribution in [0.3, 0.4) is 0 Å². The van der Waals surface area contributed by atoms with Gasteiger partial charge in [0, 0.05) is 33.3 Å². The van der Waals surface area contributed by atoms with Crippen molar-refractivity contribution in [2.24, 2.45) is 0 Å². The van der Waals surface area contributed by atoms with Crippen molar-refractivity contribution in [1.82, 2.24) is 19.3 Å². The SMILES string of the molecule is Cc1cc(-c2cc(Cl)ccc2OCCn2c(C)nc3cc(OC(F)F)cc(C#N)c3c2=O)c2scc(C(=O)NS(C)(=O)=O)c2n1. The summed E-state index contributed by atoms with van der Waals surface area (Å²) in [5.74, 6) is -0.438. The molecule has 0 saturated carbocycles. The second-order valence-electron chi connectivity index (χ2n) is 9.80. The van der Waals surface area contributed by atoms with E-state index in [1.807, 2.05) is 10.8 Å². The zero-order chi connectivity index (χ0) is 32.6. The number of aryl methyl sites for hydroxylation is 2. The molecule has 5 aromatic rings. The maximum atomic E-state index is 13.4. The molecule has 0 fully saturated rings. The van der Waals surface area contributed by atoms with Gasteiger partial charge in [-0.15, -0.1) is 11.3 Å². The van der Waals surface area contributed by atoms with Crippen LogP contribution < -0.4 is 19.8 Å². The molecular weight excluding hydrogens is 652 g/mol. The minimum Gasteiger partial charge on any atom is -0.491 e. The first-order valence-electron chi connectivity index (χ1n) is 13.0. The van der Waals surface area contributed by atoms with Crippen molar-refractivity contribution in [3.8, 4) is 28.7 Å². The predicted molar refractivity (Wildman–Crippen MR) is 165 cm³/mol. The highest BCUT2D eigenvalue weighted by atomic mass is 35.5. The molecule has 232 valence electrons. The van der Waals surface area contributed by atoms with Crippen molar-refractivity contribution in [1.29, 1.82) is 5.26 Å². The first-order valence-corrected chi connectivity index (χ1v) is 16.1. The fourth-order valence-electron chi connectivity index (χ4n) is 4.76. The van der Waals surface area contributed by atoms with E-state index >= 15 is 0 Å². The summed E-state index contributed by atoms with van der Waals surface area (Å²) < 4.78 is 63.2. The van der Waals surface area contributed by atoms with E-state index in [4.69, 9.17) is 16.3 Å². The van der Waals surface area contributed by atoms with Crippen molar-refractivity contribution >= 4 is 60.0 Å². The molecule has 5 rings (SSSR count). The highest BCUT2D eigenvalue weighted by molar-refractivity contribution is 7.89. The van der Waals surface area contributed by atoms with Gasteiger partial charge in [-0.1, -0.05) is 11.6 Å². The van der Waals surface area contributed by atoms with E-state index in [9.17, 15) is 32.0 Å². The third-order valence-corrected chi connectivity index (χ3v) is 8.34. The van der Waals surface area contributed by atoms with Gasteiger partial charge in [0.1, 0.15) is 30.0 Å². The number of carbonyl (C=O) groups excluding carboxylic acids is 1. The van der Waals surface area contributed by atoms with Crippen LogP contribution in [0.15, 0.2) is 46.6 Å². The third kappa shape index (κ3) is 6.72. The van der Waals surface area contributed by atoms with Crippen molar-refractivity contribution < 1.29 is 31.5 Å². The molecule has 1 N–H and O–H groups in total. The van der Waals surface area contributed by atoms with Crippen LogP contribution in [0.4, 0.5) is 8.78 Å². The van der Waals surface area contributed by atoms with Crippen molar-refractivity contribution in [2.45, 2.75) is 27.0 Å². The first-order chi connectivity index (χ1) is 21.3. The van der Waals surface area contributed by atoms with Crippen LogP contribution in [-0.4, -0.2) is 48.3 Å². The van der Waals surface area contributed by atoms with Gasteiger partial charge in [0.25, 0.3) is 11.5 Å². The summed E-state index contributed by atoms with van der Waals surface area (Å²) in [4.78, 5) is 34.9. The number of hydrogen-bond acceptors (Lipinski definition) is 10. The number of benzene rings is 2. The van der Waals surface area contributed by atoms with Crippen LogP contribution in [0, 0.1) is 25.2 Å². The molecule has 11 nitrogen and oxygen atoms in total. The summed E-state index contributed by atoms with van der Waals surface area (Å²) in [6, 6.07) is 10.8. The van der Waals surface area contributed by atoms with Gasteiger partial charge in [0.2, 0.25) is 10.0 Å². The van der Waals surface area contributed by atoms with E-state index in [0.29, 0.717) is 37.8 Å². The number of thiophene rings is 1. The molecule has 0 radical (unpaired) electrons. The molecule has 16 heteroatoms. The van der Waals surface area contributed by atoms with Gasteiger partial charge >= 0.3 is 6.61 Å². The lowest BCUT2D eigenvalue weighted by Crippen LogP contribution is -2.29. The normalized spacial score (nSPS) is 11.6. The smallest absolute Gasteiger partial charge is 0.387 e. The second-order valence-corrected chi connectivity index (χ2v) is 12.9. The number of hydrogen-bond donors (Lipinski definition) is 1. The predicted octanol–water partition coefficient (Wildman–Crippen LogP) is 5.18. The van der Waals surface area contributed by atoms with E-state index in [1.165, 1.54) is 27.4 Å². The summed E-state index contributed by atoms with van der Waals surface area (Å²) in [7, 11) is -3.80. The summed E-state index contributed by atoms with van der Waals surface area (Å²) in [6.07, 6.45) is 0.882. The molecule has 2 aromatic carbocycles. The number of aromatic nitrogens is 3. The van der Waals surface area contributed by atoms with Crippen molar-refractivity contribution in [2.75, 3.05) is 12.9 Å². The quantitative estimate of drug-likeness (QED) is 0.223. The molecule has 0 saturated heterocycles. The molecule has 3 aromatic heterocycles. The molecule has 0 spiro atoms. The number of amides is 1. The number of sulfonamides is 1. The van der Waals surface area contributed by atoms with Gasteiger partial charge in [0.15, 0.2) is 0 Å². The summed E-state index contributed by atoms with van der Waals surface area (Å²) in [6.45, 7) is 0.181. The highest BCUT2D eigenvalue weighted by Crippen LogP contribution is 2.40. The number of nitrogens with one attached hydrogen (secondary N) is 1. The van der Waals surface area contributed by atoms with Crippen LogP contribution in [0.2, 0.25) is 5.02 Å². The van der Waals surface area contributed by atoms with Crippen LogP contribution >= 0.6 is 22.9 Å². The topological polar surface area (TPSA) is 153 Å². The number of rotatable bonds is 9. The largest absolute Gasteiger partial charge is 0.491 e. The maximum Gasteiger partial charge on any atom is 0.387 e.